The Kier molecular flexibility index (Phi) is 4.44. The summed E-state index contributed by atoms with van der Waals surface area (Å²) < 4.78 is 5.32. The molecule has 0 radical (unpaired) electrons. The van der Waals surface area contributed by atoms with Crippen LogP contribution in [0.4, 0.5) is 0 Å². The van der Waals surface area contributed by atoms with E-state index in [1.54, 1.807) is 24.3 Å². The van der Waals surface area contributed by atoms with Gasteiger partial charge < -0.3 is 9.84 Å². The smallest absolute Gasteiger partial charge is 0.196 e. The Bertz CT molecular complexity index is 549. The van der Waals surface area contributed by atoms with E-state index in [1.165, 1.54) is 7.11 Å². The molecule has 3 nitrogen and oxygen atoms in total. The van der Waals surface area contributed by atoms with Crippen LogP contribution >= 0.6 is 0 Å². The lowest BCUT2D eigenvalue weighted by Gasteiger charge is -2.16. The molecule has 0 aromatic heterocycles. The predicted octanol–water partition coefficient (Wildman–Crippen LogP) is 2.75. The summed E-state index contributed by atoms with van der Waals surface area (Å²) in [5, 5.41) is 9.30. The Balaban J connectivity index is 2.36. The van der Waals surface area contributed by atoms with Crippen LogP contribution in [-0.2, 0) is 11.3 Å². The molecule has 1 N–H and O–H groups in total. The molecule has 1 unspecified atom stereocenters. The Morgan fingerprint density at radius 1 is 1.11 bits per heavy atom. The van der Waals surface area contributed by atoms with Gasteiger partial charge in [0.2, 0.25) is 0 Å². The summed E-state index contributed by atoms with van der Waals surface area (Å²) >= 11 is 0. The minimum Gasteiger partial charge on any atom is -0.392 e. The van der Waals surface area contributed by atoms with Gasteiger partial charge in [0.25, 0.3) is 0 Å². The lowest BCUT2D eigenvalue weighted by molar-refractivity contribution is 0.0601. The maximum atomic E-state index is 12.5. The maximum absolute atomic E-state index is 12.5. The highest BCUT2D eigenvalue weighted by molar-refractivity contribution is 6.01. The average molecular weight is 256 g/mol. The number of methoxy groups -OCH3 is 1. The van der Waals surface area contributed by atoms with Crippen LogP contribution in [0, 0.1) is 0 Å². The molecule has 98 valence electrons. The highest BCUT2D eigenvalue weighted by Crippen LogP contribution is 2.23. The lowest BCUT2D eigenvalue weighted by Crippen LogP contribution is -2.16. The summed E-state index contributed by atoms with van der Waals surface area (Å²) in [5.74, 6) is -0.140. The molecule has 0 bridgehead atoms. The van der Waals surface area contributed by atoms with Crippen LogP contribution in [0.3, 0.4) is 0 Å². The SMILES string of the molecule is COC(C(=O)c1ccccc1CO)c1ccccc1. The summed E-state index contributed by atoms with van der Waals surface area (Å²) in [4.78, 5) is 12.5. The maximum Gasteiger partial charge on any atom is 0.196 e. The van der Waals surface area contributed by atoms with E-state index in [9.17, 15) is 9.90 Å². The number of carbonyl (C=O) groups excluding carboxylic acids is 1. The second kappa shape index (κ2) is 6.27. The fourth-order valence-electron chi connectivity index (χ4n) is 2.06. The first kappa shape index (κ1) is 13.5. The van der Waals surface area contributed by atoms with Crippen LogP contribution in [-0.4, -0.2) is 18.0 Å². The molecule has 0 saturated heterocycles. The monoisotopic (exact) mass is 256 g/mol. The van der Waals surface area contributed by atoms with Gasteiger partial charge in [0, 0.05) is 12.7 Å². The number of carbonyl (C=O) groups is 1. The minimum atomic E-state index is -0.645. The molecule has 1 atom stereocenters. The molecule has 0 saturated carbocycles. The van der Waals surface area contributed by atoms with E-state index in [2.05, 4.69) is 0 Å². The first-order chi connectivity index (χ1) is 9.27. The van der Waals surface area contributed by atoms with Gasteiger partial charge in [-0.15, -0.1) is 0 Å². The summed E-state index contributed by atoms with van der Waals surface area (Å²) in [6, 6.07) is 16.4. The van der Waals surface area contributed by atoms with E-state index < -0.39 is 6.10 Å². The molecule has 2 aromatic rings. The fraction of sp³-hybridized carbons (Fsp3) is 0.188. The average Bonchev–Trinajstić information content (AvgIpc) is 2.49. The van der Waals surface area contributed by atoms with E-state index in [0.717, 1.165) is 5.56 Å². The van der Waals surface area contributed by atoms with Gasteiger partial charge in [0.05, 0.1) is 6.61 Å². The van der Waals surface area contributed by atoms with Gasteiger partial charge in [-0.05, 0) is 11.1 Å². The van der Waals surface area contributed by atoms with Crippen molar-refractivity contribution in [2.24, 2.45) is 0 Å². The molecule has 3 heteroatoms. The Morgan fingerprint density at radius 2 is 1.74 bits per heavy atom. The van der Waals surface area contributed by atoms with Gasteiger partial charge >= 0.3 is 0 Å². The zero-order valence-corrected chi connectivity index (χ0v) is 10.7. The van der Waals surface area contributed by atoms with Gasteiger partial charge in [0.15, 0.2) is 5.78 Å². The Morgan fingerprint density at radius 3 is 2.37 bits per heavy atom. The van der Waals surface area contributed by atoms with Crippen molar-refractivity contribution in [3.8, 4) is 0 Å². The quantitative estimate of drug-likeness (QED) is 0.837. The molecule has 0 heterocycles. The summed E-state index contributed by atoms with van der Waals surface area (Å²) in [5.41, 5.74) is 1.92. The number of aliphatic hydroxyl groups is 1. The van der Waals surface area contributed by atoms with E-state index in [4.69, 9.17) is 4.74 Å². The zero-order chi connectivity index (χ0) is 13.7. The van der Waals surface area contributed by atoms with Gasteiger partial charge in [-0.2, -0.15) is 0 Å². The number of ether oxygens (including phenoxy) is 1. The second-order valence-corrected chi connectivity index (χ2v) is 4.21. The topological polar surface area (TPSA) is 46.5 Å². The van der Waals surface area contributed by atoms with E-state index in [0.29, 0.717) is 11.1 Å². The van der Waals surface area contributed by atoms with Crippen LogP contribution < -0.4 is 0 Å². The third-order valence-corrected chi connectivity index (χ3v) is 3.03. The van der Waals surface area contributed by atoms with Gasteiger partial charge in [0.1, 0.15) is 6.10 Å². The standard InChI is InChI=1S/C16H16O3/c1-19-16(12-7-3-2-4-8-12)15(18)14-10-6-5-9-13(14)11-17/h2-10,16-17H,11H2,1H3. The number of rotatable bonds is 5. The molecule has 2 rings (SSSR count). The predicted molar refractivity (Wildman–Crippen MR) is 72.9 cm³/mol. The van der Waals surface area contributed by atoms with E-state index in [1.807, 2.05) is 30.3 Å². The van der Waals surface area contributed by atoms with Crippen LogP contribution in [0.5, 0.6) is 0 Å². The van der Waals surface area contributed by atoms with E-state index in [-0.39, 0.29) is 12.4 Å². The third kappa shape index (κ3) is 2.89. The number of hydrogen-bond donors (Lipinski definition) is 1. The second-order valence-electron chi connectivity index (χ2n) is 4.21. The molecule has 0 aliphatic heterocycles. The Hall–Kier alpha value is -1.97. The van der Waals surface area contributed by atoms with Crippen molar-refractivity contribution in [2.45, 2.75) is 12.7 Å². The number of hydrogen-bond acceptors (Lipinski definition) is 3. The molecule has 0 aliphatic carbocycles. The molecule has 0 fully saturated rings. The molecular weight excluding hydrogens is 240 g/mol. The normalized spacial score (nSPS) is 12.1. The van der Waals surface area contributed by atoms with Crippen LogP contribution in [0.1, 0.15) is 27.6 Å². The van der Waals surface area contributed by atoms with Crippen molar-refractivity contribution in [3.05, 3.63) is 71.3 Å². The summed E-state index contributed by atoms with van der Waals surface area (Å²) in [6.07, 6.45) is -0.645. The van der Waals surface area contributed by atoms with Crippen molar-refractivity contribution < 1.29 is 14.6 Å². The van der Waals surface area contributed by atoms with Crippen molar-refractivity contribution in [1.29, 1.82) is 0 Å². The Labute approximate surface area is 112 Å². The summed E-state index contributed by atoms with van der Waals surface area (Å²) in [7, 11) is 1.51. The molecule has 0 spiro atoms. The fourth-order valence-corrected chi connectivity index (χ4v) is 2.06. The number of Topliss-reactive ketones (excluding diaryl/α,β-unsaturated/α-hetero) is 1. The van der Waals surface area contributed by atoms with Gasteiger partial charge in [-0.3, -0.25) is 4.79 Å². The van der Waals surface area contributed by atoms with Crippen LogP contribution in [0.15, 0.2) is 54.6 Å². The highest BCUT2D eigenvalue weighted by Gasteiger charge is 2.23. The molecule has 19 heavy (non-hydrogen) atoms. The highest BCUT2D eigenvalue weighted by atomic mass is 16.5. The molecule has 0 amide bonds. The van der Waals surface area contributed by atoms with Gasteiger partial charge in [-0.25, -0.2) is 0 Å². The molecule has 2 aromatic carbocycles. The van der Waals surface area contributed by atoms with Crippen molar-refractivity contribution in [3.63, 3.8) is 0 Å². The van der Waals surface area contributed by atoms with E-state index >= 15 is 0 Å². The molecular formula is C16H16O3. The first-order valence-corrected chi connectivity index (χ1v) is 6.08. The molecule has 0 aliphatic rings. The summed E-state index contributed by atoms with van der Waals surface area (Å²) in [6.45, 7) is -0.160. The first-order valence-electron chi connectivity index (χ1n) is 6.08. The van der Waals surface area contributed by atoms with Crippen LogP contribution in [0.2, 0.25) is 0 Å². The number of benzene rings is 2. The lowest BCUT2D eigenvalue weighted by atomic mass is 9.96. The van der Waals surface area contributed by atoms with Crippen LogP contribution in [0.25, 0.3) is 0 Å². The third-order valence-electron chi connectivity index (χ3n) is 3.03. The van der Waals surface area contributed by atoms with Crippen molar-refractivity contribution in [2.75, 3.05) is 7.11 Å². The van der Waals surface area contributed by atoms with Gasteiger partial charge in [-0.1, -0.05) is 54.6 Å². The largest absolute Gasteiger partial charge is 0.392 e. The van der Waals surface area contributed by atoms with Crippen molar-refractivity contribution in [1.82, 2.24) is 0 Å². The zero-order valence-electron chi connectivity index (χ0n) is 10.7. The van der Waals surface area contributed by atoms with Crippen molar-refractivity contribution >= 4 is 5.78 Å². The number of aliphatic hydroxyl groups excluding tert-OH is 1. The minimum absolute atomic E-state index is 0.140. The number of ketones is 1.